The average molecular weight is 393 g/mol. The van der Waals surface area contributed by atoms with Crippen LogP contribution in [-0.4, -0.2) is 48.3 Å². The van der Waals surface area contributed by atoms with Crippen LogP contribution in [0.1, 0.15) is 39.2 Å². The first-order chi connectivity index (χ1) is 13.3. The van der Waals surface area contributed by atoms with Crippen molar-refractivity contribution in [2.24, 2.45) is 5.92 Å². The van der Waals surface area contributed by atoms with Crippen molar-refractivity contribution < 1.29 is 24.2 Å². The number of hydrogen-bond donors (Lipinski definition) is 4. The highest BCUT2D eigenvalue weighted by atomic mass is 16.5. The fourth-order valence-corrected chi connectivity index (χ4v) is 2.66. The van der Waals surface area contributed by atoms with Crippen molar-refractivity contribution in [3.63, 3.8) is 0 Å². The van der Waals surface area contributed by atoms with Gasteiger partial charge in [-0.1, -0.05) is 51.1 Å². The van der Waals surface area contributed by atoms with Crippen LogP contribution in [0.5, 0.6) is 0 Å². The van der Waals surface area contributed by atoms with E-state index in [-0.39, 0.29) is 5.92 Å². The zero-order valence-corrected chi connectivity index (χ0v) is 16.9. The predicted molar refractivity (Wildman–Crippen MR) is 105 cm³/mol. The zero-order chi connectivity index (χ0) is 21.1. The van der Waals surface area contributed by atoms with Gasteiger partial charge in [0, 0.05) is 6.54 Å². The molecule has 1 rings (SSSR count). The minimum atomic E-state index is -1.47. The smallest absolute Gasteiger partial charge is 0.336 e. The number of urea groups is 1. The first kappa shape index (κ1) is 23.4. The summed E-state index contributed by atoms with van der Waals surface area (Å²) in [5.41, 5.74) is 0.940. The first-order valence-corrected chi connectivity index (χ1v) is 9.43. The molecule has 4 N–H and O–H groups in total. The highest BCUT2D eigenvalue weighted by Crippen LogP contribution is 2.08. The third kappa shape index (κ3) is 7.96. The second kappa shape index (κ2) is 12.0. The number of esters is 1. The number of amides is 3. The maximum absolute atomic E-state index is 12.7. The van der Waals surface area contributed by atoms with Gasteiger partial charge in [0.15, 0.2) is 6.10 Å². The topological polar surface area (TPSA) is 117 Å². The van der Waals surface area contributed by atoms with E-state index in [1.807, 2.05) is 44.2 Å². The molecule has 0 fully saturated rings. The van der Waals surface area contributed by atoms with Gasteiger partial charge in [0.05, 0.1) is 13.2 Å². The van der Waals surface area contributed by atoms with Crippen molar-refractivity contribution in [3.8, 4) is 0 Å². The van der Waals surface area contributed by atoms with Gasteiger partial charge >= 0.3 is 12.0 Å². The normalized spacial score (nSPS) is 13.9. The molecule has 3 atom stereocenters. The van der Waals surface area contributed by atoms with E-state index in [4.69, 9.17) is 0 Å². The molecule has 3 amide bonds. The molecule has 0 saturated heterocycles. The molecular weight excluding hydrogens is 362 g/mol. The fourth-order valence-electron chi connectivity index (χ4n) is 2.66. The molecule has 0 aromatic heterocycles. The van der Waals surface area contributed by atoms with E-state index >= 15 is 0 Å². The van der Waals surface area contributed by atoms with E-state index in [9.17, 15) is 19.5 Å². The van der Waals surface area contributed by atoms with Crippen LogP contribution in [0, 0.1) is 5.92 Å². The van der Waals surface area contributed by atoms with Crippen molar-refractivity contribution in [2.45, 2.75) is 58.3 Å². The minimum absolute atomic E-state index is 0.149. The quantitative estimate of drug-likeness (QED) is 0.448. The van der Waals surface area contributed by atoms with Crippen molar-refractivity contribution >= 4 is 17.9 Å². The van der Waals surface area contributed by atoms with Crippen LogP contribution in [0.2, 0.25) is 0 Å². The van der Waals surface area contributed by atoms with E-state index in [0.717, 1.165) is 5.56 Å². The van der Waals surface area contributed by atoms with Crippen molar-refractivity contribution in [1.29, 1.82) is 0 Å². The largest absolute Gasteiger partial charge is 0.467 e. The molecule has 0 aliphatic rings. The first-order valence-electron chi connectivity index (χ1n) is 9.43. The van der Waals surface area contributed by atoms with Crippen LogP contribution in [0.15, 0.2) is 30.3 Å². The van der Waals surface area contributed by atoms with E-state index in [1.165, 1.54) is 7.11 Å². The maximum Gasteiger partial charge on any atom is 0.336 e. The summed E-state index contributed by atoms with van der Waals surface area (Å²) in [6.07, 6.45) is -0.725. The van der Waals surface area contributed by atoms with Gasteiger partial charge in [-0.15, -0.1) is 0 Å². The standard InChI is InChI=1S/C20H31N3O5/c1-5-15(17(24)19(26)28-4)22-18(25)16(11-13(2)3)23-20(27)21-12-14-9-7-6-8-10-14/h6-10,13,15-17,24H,5,11-12H2,1-4H3,(H,22,25)(H2,21,23,27)/t15?,16-,17?/m0/s1. The van der Waals surface area contributed by atoms with Gasteiger partial charge in [-0.05, 0) is 24.3 Å². The summed E-state index contributed by atoms with van der Waals surface area (Å²) in [5.74, 6) is -1.13. The third-order valence-electron chi connectivity index (χ3n) is 4.22. The molecule has 2 unspecified atom stereocenters. The van der Waals surface area contributed by atoms with E-state index < -0.39 is 36.1 Å². The molecule has 0 spiro atoms. The van der Waals surface area contributed by atoms with Crippen molar-refractivity contribution in [1.82, 2.24) is 16.0 Å². The van der Waals surface area contributed by atoms with Gasteiger partial charge in [0.2, 0.25) is 5.91 Å². The summed E-state index contributed by atoms with van der Waals surface area (Å²) in [5, 5.41) is 18.0. The second-order valence-corrected chi connectivity index (χ2v) is 6.99. The lowest BCUT2D eigenvalue weighted by Crippen LogP contribution is -2.55. The Balaban J connectivity index is 2.70. The summed E-state index contributed by atoms with van der Waals surface area (Å²) < 4.78 is 4.52. The van der Waals surface area contributed by atoms with Crippen LogP contribution < -0.4 is 16.0 Å². The van der Waals surface area contributed by atoms with Gasteiger partial charge in [0.25, 0.3) is 0 Å². The molecule has 8 heteroatoms. The SMILES string of the molecule is CCC(NC(=O)[C@H](CC(C)C)NC(=O)NCc1ccccc1)C(O)C(=O)OC. The van der Waals surface area contributed by atoms with Crippen molar-refractivity contribution in [3.05, 3.63) is 35.9 Å². The Bertz CT molecular complexity index is 636. The van der Waals surface area contributed by atoms with Crippen molar-refractivity contribution in [2.75, 3.05) is 7.11 Å². The Labute approximate surface area is 166 Å². The van der Waals surface area contributed by atoms with Gasteiger partial charge in [-0.2, -0.15) is 0 Å². The number of benzene rings is 1. The molecule has 0 aliphatic heterocycles. The monoisotopic (exact) mass is 393 g/mol. The Morgan fingerprint density at radius 2 is 1.75 bits per heavy atom. The summed E-state index contributed by atoms with van der Waals surface area (Å²) >= 11 is 0. The number of aliphatic hydroxyl groups is 1. The number of rotatable bonds is 10. The number of carbonyl (C=O) groups is 3. The number of aliphatic hydroxyl groups excluding tert-OH is 1. The average Bonchev–Trinajstić information content (AvgIpc) is 2.69. The molecular formula is C20H31N3O5. The third-order valence-corrected chi connectivity index (χ3v) is 4.22. The number of carbonyl (C=O) groups excluding carboxylic acids is 3. The number of ether oxygens (including phenoxy) is 1. The molecule has 28 heavy (non-hydrogen) atoms. The minimum Gasteiger partial charge on any atom is -0.467 e. The second-order valence-electron chi connectivity index (χ2n) is 6.99. The summed E-state index contributed by atoms with van der Waals surface area (Å²) in [7, 11) is 1.17. The van der Waals surface area contributed by atoms with Crippen LogP contribution in [0.25, 0.3) is 0 Å². The summed E-state index contributed by atoms with van der Waals surface area (Å²) in [6, 6.07) is 7.35. The highest BCUT2D eigenvalue weighted by Gasteiger charge is 2.30. The fraction of sp³-hybridized carbons (Fsp3) is 0.550. The summed E-state index contributed by atoms with van der Waals surface area (Å²) in [6.45, 7) is 5.94. The molecule has 1 aromatic rings. The van der Waals surface area contributed by atoms with Crippen LogP contribution >= 0.6 is 0 Å². The molecule has 0 bridgehead atoms. The zero-order valence-electron chi connectivity index (χ0n) is 16.9. The molecule has 0 saturated carbocycles. The van der Waals surface area contributed by atoms with E-state index in [2.05, 4.69) is 20.7 Å². The Morgan fingerprint density at radius 1 is 1.11 bits per heavy atom. The van der Waals surface area contributed by atoms with Crippen LogP contribution in [0.4, 0.5) is 4.79 Å². The van der Waals surface area contributed by atoms with E-state index in [1.54, 1.807) is 6.92 Å². The highest BCUT2D eigenvalue weighted by molar-refractivity contribution is 5.87. The lowest BCUT2D eigenvalue weighted by Gasteiger charge is -2.25. The summed E-state index contributed by atoms with van der Waals surface area (Å²) in [4.78, 5) is 36.4. The molecule has 0 aliphatic carbocycles. The molecule has 0 radical (unpaired) electrons. The predicted octanol–water partition coefficient (Wildman–Crippen LogP) is 1.33. The number of hydrogen-bond acceptors (Lipinski definition) is 5. The van der Waals surface area contributed by atoms with Gasteiger partial charge in [-0.25, -0.2) is 9.59 Å². The van der Waals surface area contributed by atoms with Gasteiger partial charge in [0.1, 0.15) is 6.04 Å². The van der Waals surface area contributed by atoms with Crippen LogP contribution in [0.3, 0.4) is 0 Å². The maximum atomic E-state index is 12.7. The Kier molecular flexibility index (Phi) is 10.0. The molecule has 0 heterocycles. The number of methoxy groups -OCH3 is 1. The Morgan fingerprint density at radius 3 is 2.29 bits per heavy atom. The van der Waals surface area contributed by atoms with Gasteiger partial charge in [-0.3, -0.25) is 4.79 Å². The van der Waals surface area contributed by atoms with Crippen LogP contribution in [-0.2, 0) is 20.9 Å². The lowest BCUT2D eigenvalue weighted by atomic mass is 10.0. The lowest BCUT2D eigenvalue weighted by molar-refractivity contribution is -0.152. The molecule has 1 aromatic carbocycles. The van der Waals surface area contributed by atoms with E-state index in [0.29, 0.717) is 19.4 Å². The van der Waals surface area contributed by atoms with Gasteiger partial charge < -0.3 is 25.8 Å². The molecule has 8 nitrogen and oxygen atoms in total. The Hall–Kier alpha value is -2.61. The number of nitrogens with one attached hydrogen (secondary N) is 3. The molecule has 156 valence electrons.